The molecule has 90 valence electrons. The van der Waals surface area contributed by atoms with Crippen molar-refractivity contribution in [2.24, 2.45) is 5.73 Å². The molecule has 0 fully saturated rings. The molecule has 2 N–H and O–H groups in total. The third kappa shape index (κ3) is 3.36. The fourth-order valence-electron chi connectivity index (χ4n) is 1.81. The third-order valence-electron chi connectivity index (χ3n) is 2.68. The van der Waals surface area contributed by atoms with Gasteiger partial charge >= 0.3 is 0 Å². The smallest absolute Gasteiger partial charge is 0.123 e. The summed E-state index contributed by atoms with van der Waals surface area (Å²) in [5.41, 5.74) is 6.78. The second kappa shape index (κ2) is 6.11. The molecule has 0 saturated carbocycles. The van der Waals surface area contributed by atoms with E-state index in [1.54, 1.807) is 6.26 Å². The lowest BCUT2D eigenvalue weighted by atomic mass is 10.2. The molecule has 3 heteroatoms. The highest BCUT2D eigenvalue weighted by Crippen LogP contribution is 2.17. The molecular formula is C14H18N2O. The zero-order valence-electron chi connectivity index (χ0n) is 9.88. The highest BCUT2D eigenvalue weighted by molar-refractivity contribution is 5.46. The Hall–Kier alpha value is -1.74. The molecule has 3 nitrogen and oxygen atoms in total. The Bertz CT molecular complexity index is 411. The van der Waals surface area contributed by atoms with E-state index in [9.17, 15) is 0 Å². The van der Waals surface area contributed by atoms with Gasteiger partial charge in [-0.15, -0.1) is 0 Å². The first-order valence-electron chi connectivity index (χ1n) is 5.92. The van der Waals surface area contributed by atoms with Crippen molar-refractivity contribution in [3.63, 3.8) is 0 Å². The van der Waals surface area contributed by atoms with Crippen molar-refractivity contribution in [3.05, 3.63) is 54.5 Å². The number of hydrogen-bond acceptors (Lipinski definition) is 3. The first-order chi connectivity index (χ1) is 8.40. The number of nitrogens with two attached hydrogens (primary N) is 1. The van der Waals surface area contributed by atoms with E-state index in [0.717, 1.165) is 25.3 Å². The standard InChI is InChI=1S/C14H18N2O/c15-9-5-10-16(12-14-8-4-11-17-14)13-6-2-1-3-7-13/h1-4,6-8,11H,5,9-10,12,15H2. The average molecular weight is 230 g/mol. The summed E-state index contributed by atoms with van der Waals surface area (Å²) in [6.07, 6.45) is 2.69. The second-order valence-corrected chi connectivity index (χ2v) is 3.98. The van der Waals surface area contributed by atoms with Gasteiger partial charge in [-0.25, -0.2) is 0 Å². The minimum Gasteiger partial charge on any atom is -0.467 e. The van der Waals surface area contributed by atoms with E-state index in [0.29, 0.717) is 6.54 Å². The summed E-state index contributed by atoms with van der Waals surface area (Å²) in [4.78, 5) is 2.28. The van der Waals surface area contributed by atoms with Crippen LogP contribution in [0.15, 0.2) is 53.1 Å². The first-order valence-corrected chi connectivity index (χ1v) is 5.92. The molecule has 1 aromatic heterocycles. The van der Waals surface area contributed by atoms with Gasteiger partial charge in [-0.05, 0) is 37.2 Å². The third-order valence-corrected chi connectivity index (χ3v) is 2.68. The number of benzene rings is 1. The Morgan fingerprint density at radius 2 is 1.88 bits per heavy atom. The van der Waals surface area contributed by atoms with Crippen LogP contribution in [0.4, 0.5) is 5.69 Å². The van der Waals surface area contributed by atoms with Crippen LogP contribution < -0.4 is 10.6 Å². The Labute approximate surface area is 102 Å². The largest absolute Gasteiger partial charge is 0.467 e. The van der Waals surface area contributed by atoms with Gasteiger partial charge in [-0.3, -0.25) is 0 Å². The molecule has 0 bridgehead atoms. The van der Waals surface area contributed by atoms with Crippen LogP contribution in [-0.2, 0) is 6.54 Å². The summed E-state index contributed by atoms with van der Waals surface area (Å²) in [7, 11) is 0. The van der Waals surface area contributed by atoms with Crippen LogP contribution in [-0.4, -0.2) is 13.1 Å². The summed E-state index contributed by atoms with van der Waals surface area (Å²) >= 11 is 0. The minimum absolute atomic E-state index is 0.710. The SMILES string of the molecule is NCCCN(Cc1ccco1)c1ccccc1. The average Bonchev–Trinajstić information content (AvgIpc) is 2.88. The molecule has 2 aromatic rings. The molecule has 0 aliphatic heterocycles. The van der Waals surface area contributed by atoms with Gasteiger partial charge in [0.2, 0.25) is 0 Å². The molecule has 0 spiro atoms. The van der Waals surface area contributed by atoms with Crippen LogP contribution in [0.2, 0.25) is 0 Å². The van der Waals surface area contributed by atoms with Crippen molar-refractivity contribution >= 4 is 5.69 Å². The van der Waals surface area contributed by atoms with E-state index in [1.807, 2.05) is 30.3 Å². The maximum atomic E-state index is 5.58. The first kappa shape index (κ1) is 11.7. The van der Waals surface area contributed by atoms with E-state index in [1.165, 1.54) is 5.69 Å². The lowest BCUT2D eigenvalue weighted by Crippen LogP contribution is -2.25. The maximum absolute atomic E-state index is 5.58. The van der Waals surface area contributed by atoms with Crippen LogP contribution in [0.25, 0.3) is 0 Å². The molecule has 0 amide bonds. The minimum atomic E-state index is 0.710. The lowest BCUT2D eigenvalue weighted by molar-refractivity contribution is 0.501. The summed E-state index contributed by atoms with van der Waals surface area (Å²) in [5.74, 6) is 0.978. The number of rotatable bonds is 6. The normalized spacial score (nSPS) is 10.4. The van der Waals surface area contributed by atoms with E-state index in [2.05, 4.69) is 17.0 Å². The fraction of sp³-hybridized carbons (Fsp3) is 0.286. The molecule has 17 heavy (non-hydrogen) atoms. The van der Waals surface area contributed by atoms with Crippen molar-refractivity contribution in [2.75, 3.05) is 18.0 Å². The van der Waals surface area contributed by atoms with Crippen molar-refractivity contribution in [1.82, 2.24) is 0 Å². The summed E-state index contributed by atoms with van der Waals surface area (Å²) < 4.78 is 5.39. The van der Waals surface area contributed by atoms with Crippen molar-refractivity contribution < 1.29 is 4.42 Å². The number of furan rings is 1. The highest BCUT2D eigenvalue weighted by atomic mass is 16.3. The number of para-hydroxylation sites is 1. The van der Waals surface area contributed by atoms with Crippen molar-refractivity contribution in [2.45, 2.75) is 13.0 Å². The van der Waals surface area contributed by atoms with Gasteiger partial charge in [0, 0.05) is 12.2 Å². The van der Waals surface area contributed by atoms with Gasteiger partial charge in [-0.2, -0.15) is 0 Å². The predicted octanol–water partition coefficient (Wildman–Crippen LogP) is 2.64. The number of nitrogens with zero attached hydrogens (tertiary/aromatic N) is 1. The summed E-state index contributed by atoms with van der Waals surface area (Å²) in [5, 5.41) is 0. The van der Waals surface area contributed by atoms with Crippen LogP contribution in [0, 0.1) is 0 Å². The van der Waals surface area contributed by atoms with E-state index in [4.69, 9.17) is 10.2 Å². The van der Waals surface area contributed by atoms with Gasteiger partial charge in [-0.1, -0.05) is 18.2 Å². The molecule has 0 atom stereocenters. The molecular weight excluding hydrogens is 212 g/mol. The summed E-state index contributed by atoms with van der Waals surface area (Å²) in [6, 6.07) is 14.3. The molecule has 0 radical (unpaired) electrons. The zero-order valence-corrected chi connectivity index (χ0v) is 9.88. The monoisotopic (exact) mass is 230 g/mol. The van der Waals surface area contributed by atoms with E-state index in [-0.39, 0.29) is 0 Å². The number of anilines is 1. The van der Waals surface area contributed by atoms with Crippen molar-refractivity contribution in [1.29, 1.82) is 0 Å². The van der Waals surface area contributed by atoms with Gasteiger partial charge in [0.1, 0.15) is 5.76 Å². The molecule has 1 aromatic carbocycles. The topological polar surface area (TPSA) is 42.4 Å². The fourth-order valence-corrected chi connectivity index (χ4v) is 1.81. The van der Waals surface area contributed by atoms with E-state index >= 15 is 0 Å². The molecule has 0 aliphatic carbocycles. The van der Waals surface area contributed by atoms with Crippen LogP contribution in [0.3, 0.4) is 0 Å². The lowest BCUT2D eigenvalue weighted by Gasteiger charge is -2.23. The predicted molar refractivity (Wildman–Crippen MR) is 69.9 cm³/mol. The van der Waals surface area contributed by atoms with Crippen LogP contribution in [0.1, 0.15) is 12.2 Å². The Morgan fingerprint density at radius 1 is 1.06 bits per heavy atom. The van der Waals surface area contributed by atoms with Gasteiger partial charge in [0.05, 0.1) is 12.8 Å². The van der Waals surface area contributed by atoms with Crippen LogP contribution in [0.5, 0.6) is 0 Å². The molecule has 2 rings (SSSR count). The molecule has 0 unspecified atom stereocenters. The second-order valence-electron chi connectivity index (χ2n) is 3.98. The van der Waals surface area contributed by atoms with Crippen LogP contribution >= 0.6 is 0 Å². The van der Waals surface area contributed by atoms with Crippen molar-refractivity contribution in [3.8, 4) is 0 Å². The van der Waals surface area contributed by atoms with Gasteiger partial charge in [0.15, 0.2) is 0 Å². The molecule has 1 heterocycles. The Morgan fingerprint density at radius 3 is 2.53 bits per heavy atom. The van der Waals surface area contributed by atoms with Gasteiger partial charge < -0.3 is 15.1 Å². The maximum Gasteiger partial charge on any atom is 0.123 e. The Balaban J connectivity index is 2.08. The van der Waals surface area contributed by atoms with Gasteiger partial charge in [0.25, 0.3) is 0 Å². The molecule has 0 saturated heterocycles. The highest BCUT2D eigenvalue weighted by Gasteiger charge is 2.07. The Kier molecular flexibility index (Phi) is 4.22. The molecule has 0 aliphatic rings. The summed E-state index contributed by atoms with van der Waals surface area (Å²) in [6.45, 7) is 2.44. The number of hydrogen-bond donors (Lipinski definition) is 1. The quantitative estimate of drug-likeness (QED) is 0.829. The van der Waals surface area contributed by atoms with E-state index < -0.39 is 0 Å². The zero-order chi connectivity index (χ0) is 11.9.